The molecule has 2 aromatic rings. The Morgan fingerprint density at radius 1 is 1.39 bits per heavy atom. The summed E-state index contributed by atoms with van der Waals surface area (Å²) in [6, 6.07) is 4.71. The number of nitrogens with zero attached hydrogens (tertiary/aromatic N) is 1. The number of carbonyl (C=O) groups is 1. The number of aromatic carboxylic acids is 1. The van der Waals surface area contributed by atoms with Gasteiger partial charge in [-0.15, -0.1) is 0 Å². The summed E-state index contributed by atoms with van der Waals surface area (Å²) >= 11 is 6.01. The average Bonchev–Trinajstić information content (AvgIpc) is 2.32. The van der Waals surface area contributed by atoms with E-state index in [1.807, 2.05) is 0 Å². The second-order valence-electron chi connectivity index (χ2n) is 3.73. The lowest BCUT2D eigenvalue weighted by Gasteiger charge is -2.12. The summed E-state index contributed by atoms with van der Waals surface area (Å²) in [7, 11) is 0. The van der Waals surface area contributed by atoms with Crippen LogP contribution in [-0.2, 0) is 6.54 Å². The van der Waals surface area contributed by atoms with Crippen molar-refractivity contribution in [2.45, 2.75) is 6.54 Å². The molecule has 18 heavy (non-hydrogen) atoms. The fraction of sp³-hybridized carbons (Fsp3) is 0.167. The number of aliphatic hydroxyl groups is 1. The molecule has 1 heterocycles. The van der Waals surface area contributed by atoms with Crippen molar-refractivity contribution in [2.75, 3.05) is 6.61 Å². The van der Waals surface area contributed by atoms with Crippen LogP contribution in [0.3, 0.4) is 0 Å². The van der Waals surface area contributed by atoms with Crippen LogP contribution in [0.5, 0.6) is 0 Å². The number of pyridine rings is 1. The van der Waals surface area contributed by atoms with Gasteiger partial charge < -0.3 is 14.8 Å². The Labute approximate surface area is 107 Å². The first-order chi connectivity index (χ1) is 8.56. The first-order valence-electron chi connectivity index (χ1n) is 5.22. The second-order valence-corrected chi connectivity index (χ2v) is 4.14. The number of aliphatic hydroxyl groups excluding tert-OH is 1. The van der Waals surface area contributed by atoms with Crippen LogP contribution in [0.25, 0.3) is 10.9 Å². The summed E-state index contributed by atoms with van der Waals surface area (Å²) < 4.78 is 1.47. The molecule has 6 heteroatoms. The number of hydrogen-bond acceptors (Lipinski definition) is 3. The molecule has 0 saturated heterocycles. The van der Waals surface area contributed by atoms with Gasteiger partial charge in [0.25, 0.3) is 0 Å². The van der Waals surface area contributed by atoms with Gasteiger partial charge in [-0.3, -0.25) is 4.79 Å². The number of benzene rings is 1. The Hall–Kier alpha value is -1.85. The van der Waals surface area contributed by atoms with E-state index in [0.29, 0.717) is 10.5 Å². The van der Waals surface area contributed by atoms with Crippen molar-refractivity contribution in [2.24, 2.45) is 0 Å². The van der Waals surface area contributed by atoms with Crippen LogP contribution in [0.4, 0.5) is 0 Å². The van der Waals surface area contributed by atoms with E-state index in [4.69, 9.17) is 21.8 Å². The van der Waals surface area contributed by atoms with Gasteiger partial charge in [-0.25, -0.2) is 4.79 Å². The number of rotatable bonds is 3. The maximum absolute atomic E-state index is 12.0. The molecule has 0 aliphatic rings. The van der Waals surface area contributed by atoms with Crippen molar-refractivity contribution < 1.29 is 15.0 Å². The third-order valence-corrected chi connectivity index (χ3v) is 2.92. The monoisotopic (exact) mass is 267 g/mol. The molecule has 0 aliphatic heterocycles. The summed E-state index contributed by atoms with van der Waals surface area (Å²) in [5.41, 5.74) is -0.476. The van der Waals surface area contributed by atoms with E-state index in [2.05, 4.69) is 0 Å². The maximum Gasteiger partial charge on any atom is 0.341 e. The molecule has 0 saturated carbocycles. The van der Waals surface area contributed by atoms with E-state index in [1.54, 1.807) is 12.1 Å². The van der Waals surface area contributed by atoms with Gasteiger partial charge in [-0.05, 0) is 12.1 Å². The fourth-order valence-electron chi connectivity index (χ4n) is 1.85. The van der Waals surface area contributed by atoms with Crippen LogP contribution in [0, 0.1) is 0 Å². The first-order valence-corrected chi connectivity index (χ1v) is 5.60. The maximum atomic E-state index is 12.0. The van der Waals surface area contributed by atoms with Gasteiger partial charge in [0.05, 0.1) is 17.1 Å². The van der Waals surface area contributed by atoms with Gasteiger partial charge in [0, 0.05) is 18.1 Å². The van der Waals surface area contributed by atoms with E-state index in [-0.39, 0.29) is 24.1 Å². The molecule has 2 N–H and O–H groups in total. The molecule has 0 aliphatic carbocycles. The van der Waals surface area contributed by atoms with Crippen molar-refractivity contribution in [3.8, 4) is 0 Å². The molecule has 0 unspecified atom stereocenters. The Kier molecular flexibility index (Phi) is 3.36. The largest absolute Gasteiger partial charge is 0.477 e. The number of carboxylic acid groups (broad SMARTS) is 1. The summed E-state index contributed by atoms with van der Waals surface area (Å²) in [5, 5.41) is 18.5. The Morgan fingerprint density at radius 2 is 2.11 bits per heavy atom. The number of carboxylic acids is 1. The van der Waals surface area contributed by atoms with Gasteiger partial charge in [0.15, 0.2) is 0 Å². The highest BCUT2D eigenvalue weighted by molar-refractivity contribution is 6.35. The molecule has 0 bridgehead atoms. The Bertz CT molecular complexity index is 678. The molecule has 0 radical (unpaired) electrons. The summed E-state index contributed by atoms with van der Waals surface area (Å²) in [4.78, 5) is 23.0. The van der Waals surface area contributed by atoms with Gasteiger partial charge in [0.1, 0.15) is 5.56 Å². The summed E-state index contributed by atoms with van der Waals surface area (Å²) in [5.74, 6) is -1.30. The highest BCUT2D eigenvalue weighted by atomic mass is 35.5. The van der Waals surface area contributed by atoms with E-state index in [0.717, 1.165) is 0 Å². The lowest BCUT2D eigenvalue weighted by molar-refractivity contribution is 0.0694. The van der Waals surface area contributed by atoms with E-state index in [1.165, 1.54) is 16.8 Å². The Balaban J connectivity index is 2.92. The van der Waals surface area contributed by atoms with Gasteiger partial charge in [-0.2, -0.15) is 0 Å². The molecule has 1 aromatic carbocycles. The summed E-state index contributed by atoms with van der Waals surface area (Å²) in [6.07, 6.45) is 1.20. The van der Waals surface area contributed by atoms with Crippen molar-refractivity contribution >= 4 is 28.5 Å². The molecule has 2 rings (SSSR count). The smallest absolute Gasteiger partial charge is 0.341 e. The molecule has 0 amide bonds. The van der Waals surface area contributed by atoms with Crippen LogP contribution >= 0.6 is 11.6 Å². The van der Waals surface area contributed by atoms with Crippen molar-refractivity contribution in [1.82, 2.24) is 4.57 Å². The molecular weight excluding hydrogens is 258 g/mol. The zero-order valence-electron chi connectivity index (χ0n) is 9.26. The first kappa shape index (κ1) is 12.6. The van der Waals surface area contributed by atoms with E-state index in [9.17, 15) is 9.59 Å². The van der Waals surface area contributed by atoms with Gasteiger partial charge in [-0.1, -0.05) is 17.7 Å². The minimum atomic E-state index is -1.30. The van der Waals surface area contributed by atoms with Crippen LogP contribution in [-0.4, -0.2) is 27.4 Å². The lowest BCUT2D eigenvalue weighted by Crippen LogP contribution is -2.19. The number of para-hydroxylation sites is 1. The molecule has 0 fully saturated rings. The van der Waals surface area contributed by atoms with Crippen LogP contribution in [0.15, 0.2) is 29.2 Å². The minimum absolute atomic E-state index is 0.167. The second kappa shape index (κ2) is 4.80. The van der Waals surface area contributed by atoms with Crippen LogP contribution < -0.4 is 5.43 Å². The fourth-order valence-corrected chi connectivity index (χ4v) is 2.13. The highest BCUT2D eigenvalue weighted by Crippen LogP contribution is 2.21. The number of fused-ring (bicyclic) bond motifs is 1. The molecule has 0 spiro atoms. The van der Waals surface area contributed by atoms with Gasteiger partial charge in [0.2, 0.25) is 5.43 Å². The van der Waals surface area contributed by atoms with E-state index < -0.39 is 11.4 Å². The third-order valence-electron chi connectivity index (χ3n) is 2.62. The predicted octanol–water partition coefficient (Wildman–Crippen LogP) is 1.35. The van der Waals surface area contributed by atoms with Crippen molar-refractivity contribution in [3.05, 3.63) is 45.2 Å². The number of aromatic nitrogens is 1. The van der Waals surface area contributed by atoms with Crippen LogP contribution in [0.2, 0.25) is 5.02 Å². The van der Waals surface area contributed by atoms with Crippen LogP contribution in [0.1, 0.15) is 10.4 Å². The number of halogens is 1. The average molecular weight is 268 g/mol. The highest BCUT2D eigenvalue weighted by Gasteiger charge is 2.15. The Morgan fingerprint density at radius 3 is 2.72 bits per heavy atom. The van der Waals surface area contributed by atoms with Crippen molar-refractivity contribution in [1.29, 1.82) is 0 Å². The quantitative estimate of drug-likeness (QED) is 0.880. The third kappa shape index (κ3) is 1.98. The summed E-state index contributed by atoms with van der Waals surface area (Å²) in [6.45, 7) is -0.0109. The molecule has 1 aromatic heterocycles. The lowest BCUT2D eigenvalue weighted by atomic mass is 10.1. The molecule has 0 atom stereocenters. The normalized spacial score (nSPS) is 10.8. The standard InChI is InChI=1S/C12H10ClNO4/c13-9-3-1-2-7-10(9)14(4-5-15)6-8(11(7)16)12(17)18/h1-3,6,15H,4-5H2,(H,17,18). The topological polar surface area (TPSA) is 79.5 Å². The van der Waals surface area contributed by atoms with Gasteiger partial charge >= 0.3 is 5.97 Å². The SMILES string of the molecule is O=C(O)c1cn(CCO)c2c(Cl)cccc2c1=O. The predicted molar refractivity (Wildman–Crippen MR) is 67.3 cm³/mol. The molecule has 94 valence electrons. The number of hydrogen-bond donors (Lipinski definition) is 2. The van der Waals surface area contributed by atoms with Crippen molar-refractivity contribution in [3.63, 3.8) is 0 Å². The molecular formula is C12H10ClNO4. The molecule has 5 nitrogen and oxygen atoms in total. The van der Waals surface area contributed by atoms with E-state index >= 15 is 0 Å². The minimum Gasteiger partial charge on any atom is -0.477 e. The zero-order chi connectivity index (χ0) is 13.3. The zero-order valence-corrected chi connectivity index (χ0v) is 10.0.